The van der Waals surface area contributed by atoms with Crippen molar-refractivity contribution in [2.24, 2.45) is 0 Å². The molecule has 0 saturated carbocycles. The molecule has 11 heavy (non-hydrogen) atoms. The third kappa shape index (κ3) is 2.38. The van der Waals surface area contributed by atoms with Gasteiger partial charge in [-0.1, -0.05) is 32.4 Å². The van der Waals surface area contributed by atoms with Crippen LogP contribution in [0.1, 0.15) is 31.4 Å². The molecule has 0 amide bonds. The average molecular weight is 146 g/mol. The second-order valence-electron chi connectivity index (χ2n) is 2.73. The number of benzene rings is 1. The van der Waals surface area contributed by atoms with E-state index in [-0.39, 0.29) is 0 Å². The van der Waals surface area contributed by atoms with E-state index < -0.39 is 0 Å². The number of aryl methyl sites for hydroxylation is 2. The molecule has 0 fully saturated rings. The highest BCUT2D eigenvalue weighted by molar-refractivity contribution is 5.20. The lowest BCUT2D eigenvalue weighted by molar-refractivity contribution is 0.915. The van der Waals surface area contributed by atoms with Gasteiger partial charge in [0.1, 0.15) is 0 Å². The number of hydrogen-bond donors (Lipinski definition) is 0. The molecule has 0 spiro atoms. The third-order valence-corrected chi connectivity index (χ3v) is 1.74. The zero-order valence-electron chi connectivity index (χ0n) is 7.28. The van der Waals surface area contributed by atoms with Crippen molar-refractivity contribution in [2.75, 3.05) is 0 Å². The summed E-state index contributed by atoms with van der Waals surface area (Å²) in [6.07, 6.45) is 3.38. The van der Waals surface area contributed by atoms with Gasteiger partial charge in [0.25, 0.3) is 0 Å². The van der Waals surface area contributed by atoms with Gasteiger partial charge in [-0.15, -0.1) is 0 Å². The number of rotatable bonds is 3. The van der Waals surface area contributed by atoms with Gasteiger partial charge in [0.05, 0.1) is 0 Å². The molecule has 0 bridgehead atoms. The van der Waals surface area contributed by atoms with Crippen LogP contribution >= 0.6 is 0 Å². The molecule has 0 saturated heterocycles. The van der Waals surface area contributed by atoms with Gasteiger partial charge >= 0.3 is 0 Å². The fourth-order valence-electron chi connectivity index (χ4n) is 1.12. The Hall–Kier alpha value is -0.780. The fourth-order valence-corrected chi connectivity index (χ4v) is 1.12. The molecular formula is C11H14. The van der Waals surface area contributed by atoms with E-state index in [0.717, 1.165) is 12.8 Å². The maximum atomic E-state index is 3.36. The van der Waals surface area contributed by atoms with Crippen molar-refractivity contribution >= 4 is 0 Å². The van der Waals surface area contributed by atoms with Crippen LogP contribution in [-0.2, 0) is 12.8 Å². The second-order valence-corrected chi connectivity index (χ2v) is 2.73. The lowest BCUT2D eigenvalue weighted by Gasteiger charge is -1.99. The second kappa shape index (κ2) is 4.17. The van der Waals surface area contributed by atoms with E-state index in [1.165, 1.54) is 17.5 Å². The smallest absolute Gasteiger partial charge is 0.0114 e. The minimum atomic E-state index is 1.06. The summed E-state index contributed by atoms with van der Waals surface area (Å²) in [6, 6.07) is 10.5. The van der Waals surface area contributed by atoms with E-state index in [2.05, 4.69) is 26.0 Å². The standard InChI is InChI=1S/C11H14/c1-3-6-11-8-5-7-10(4-2)9-11/h7-8H,3-4,6H2,1-2H3. The maximum Gasteiger partial charge on any atom is -0.0114 e. The first kappa shape index (κ1) is 8.32. The van der Waals surface area contributed by atoms with Crippen molar-refractivity contribution in [1.29, 1.82) is 0 Å². The highest BCUT2D eigenvalue weighted by atomic mass is 14.0. The summed E-state index contributed by atoms with van der Waals surface area (Å²) in [4.78, 5) is 0. The fraction of sp³-hybridized carbons (Fsp3) is 0.455. The Kier molecular flexibility index (Phi) is 3.15. The highest BCUT2D eigenvalue weighted by Gasteiger charge is 1.92. The minimum absolute atomic E-state index is 1.06. The lowest BCUT2D eigenvalue weighted by Crippen LogP contribution is -1.86. The maximum absolute atomic E-state index is 3.36. The van der Waals surface area contributed by atoms with Crippen LogP contribution in [-0.4, -0.2) is 0 Å². The Morgan fingerprint density at radius 2 is 1.91 bits per heavy atom. The largest absolute Gasteiger partial charge is 0.0651 e. The molecule has 0 N–H and O–H groups in total. The first-order valence-electron chi connectivity index (χ1n) is 4.28. The molecule has 0 heterocycles. The Morgan fingerprint density at radius 1 is 1.18 bits per heavy atom. The van der Waals surface area contributed by atoms with Gasteiger partial charge in [-0.3, -0.25) is 0 Å². The zero-order valence-corrected chi connectivity index (χ0v) is 7.28. The first-order chi connectivity index (χ1) is 5.36. The van der Waals surface area contributed by atoms with Crippen LogP contribution in [0.25, 0.3) is 0 Å². The Bertz CT molecular complexity index is 213. The van der Waals surface area contributed by atoms with E-state index in [1.54, 1.807) is 0 Å². The van der Waals surface area contributed by atoms with E-state index >= 15 is 0 Å². The van der Waals surface area contributed by atoms with Gasteiger partial charge in [0, 0.05) is 0 Å². The van der Waals surface area contributed by atoms with E-state index in [0.29, 0.717) is 0 Å². The molecule has 0 unspecified atom stereocenters. The highest BCUT2D eigenvalue weighted by Crippen LogP contribution is 2.05. The van der Waals surface area contributed by atoms with Crippen LogP contribution in [0.3, 0.4) is 0 Å². The first-order valence-corrected chi connectivity index (χ1v) is 4.28. The molecule has 1 aromatic rings. The van der Waals surface area contributed by atoms with Crippen LogP contribution in [0.4, 0.5) is 0 Å². The van der Waals surface area contributed by atoms with E-state index in [1.807, 2.05) is 12.1 Å². The molecule has 2 radical (unpaired) electrons. The summed E-state index contributed by atoms with van der Waals surface area (Å²) in [5.74, 6) is 0. The normalized spacial score (nSPS) is 10.0. The quantitative estimate of drug-likeness (QED) is 0.615. The monoisotopic (exact) mass is 146 g/mol. The predicted octanol–water partition coefficient (Wildman–Crippen LogP) is 2.80. The Morgan fingerprint density at radius 3 is 2.55 bits per heavy atom. The Labute approximate surface area is 69.3 Å². The summed E-state index contributed by atoms with van der Waals surface area (Å²) < 4.78 is 0. The van der Waals surface area contributed by atoms with Crippen molar-refractivity contribution < 1.29 is 0 Å². The predicted molar refractivity (Wildman–Crippen MR) is 47.5 cm³/mol. The molecule has 0 heteroatoms. The molecule has 0 aromatic heterocycles. The molecule has 58 valence electrons. The third-order valence-electron chi connectivity index (χ3n) is 1.74. The van der Waals surface area contributed by atoms with Gasteiger partial charge in [-0.05, 0) is 36.1 Å². The van der Waals surface area contributed by atoms with Crippen LogP contribution < -0.4 is 0 Å². The molecule has 1 aromatic carbocycles. The summed E-state index contributed by atoms with van der Waals surface area (Å²) >= 11 is 0. The Balaban J connectivity index is 2.74. The van der Waals surface area contributed by atoms with Crippen LogP contribution in [0.15, 0.2) is 12.1 Å². The van der Waals surface area contributed by atoms with Gasteiger partial charge in [0.15, 0.2) is 0 Å². The SMILES string of the molecule is CCCc1[c]c(CC)c[c]c1. The van der Waals surface area contributed by atoms with Crippen molar-refractivity contribution in [3.63, 3.8) is 0 Å². The van der Waals surface area contributed by atoms with Gasteiger partial charge in [0.2, 0.25) is 0 Å². The average Bonchev–Trinajstić information content (AvgIpc) is 2.06. The molecule has 0 aliphatic carbocycles. The summed E-state index contributed by atoms with van der Waals surface area (Å²) in [5, 5.41) is 0. The summed E-state index contributed by atoms with van der Waals surface area (Å²) in [7, 11) is 0. The van der Waals surface area contributed by atoms with Crippen LogP contribution in [0, 0.1) is 12.1 Å². The molecule has 0 atom stereocenters. The van der Waals surface area contributed by atoms with Crippen molar-refractivity contribution in [1.82, 2.24) is 0 Å². The zero-order chi connectivity index (χ0) is 8.10. The van der Waals surface area contributed by atoms with Gasteiger partial charge < -0.3 is 0 Å². The van der Waals surface area contributed by atoms with Gasteiger partial charge in [-0.25, -0.2) is 0 Å². The molecule has 1 rings (SSSR count). The number of hydrogen-bond acceptors (Lipinski definition) is 0. The van der Waals surface area contributed by atoms with Gasteiger partial charge in [-0.2, -0.15) is 0 Å². The van der Waals surface area contributed by atoms with Crippen LogP contribution in [0.2, 0.25) is 0 Å². The van der Waals surface area contributed by atoms with E-state index in [4.69, 9.17) is 0 Å². The van der Waals surface area contributed by atoms with Crippen molar-refractivity contribution in [2.45, 2.75) is 33.1 Å². The summed E-state index contributed by atoms with van der Waals surface area (Å²) in [6.45, 7) is 4.34. The molecular weight excluding hydrogens is 132 g/mol. The summed E-state index contributed by atoms with van der Waals surface area (Å²) in [5.41, 5.74) is 2.57. The van der Waals surface area contributed by atoms with Crippen molar-refractivity contribution in [3.05, 3.63) is 35.4 Å². The topological polar surface area (TPSA) is 0 Å². The lowest BCUT2D eigenvalue weighted by atomic mass is 10.1. The minimum Gasteiger partial charge on any atom is -0.0651 e. The van der Waals surface area contributed by atoms with Crippen molar-refractivity contribution in [3.8, 4) is 0 Å². The molecule has 0 aliphatic rings. The van der Waals surface area contributed by atoms with Crippen LogP contribution in [0.5, 0.6) is 0 Å². The molecule has 0 aliphatic heterocycles. The van der Waals surface area contributed by atoms with E-state index in [9.17, 15) is 0 Å². The molecule has 0 nitrogen and oxygen atoms in total.